The van der Waals surface area contributed by atoms with Crippen molar-refractivity contribution in [1.29, 1.82) is 0 Å². The molecule has 11 rings (SSSR count). The molecule has 0 amide bonds. The van der Waals surface area contributed by atoms with Crippen LogP contribution in [0, 0.1) is 0 Å². The van der Waals surface area contributed by atoms with Gasteiger partial charge in [0, 0.05) is 4.47 Å². The van der Waals surface area contributed by atoms with Gasteiger partial charge >= 0.3 is 0 Å². The Morgan fingerprint density at radius 2 is 0.455 bits per heavy atom. The molecular weight excluding hydrogens is 728 g/mol. The minimum absolute atomic E-state index is 1.14. The van der Waals surface area contributed by atoms with E-state index in [0.29, 0.717) is 0 Å². The predicted molar refractivity (Wildman–Crippen MR) is 241 cm³/mol. The van der Waals surface area contributed by atoms with E-state index in [1.165, 1.54) is 109 Å². The van der Waals surface area contributed by atoms with E-state index >= 15 is 0 Å². The van der Waals surface area contributed by atoms with Crippen molar-refractivity contribution in [2.45, 2.75) is 0 Å². The molecule has 0 spiro atoms. The molecule has 11 aromatic carbocycles. The molecule has 256 valence electrons. The molecule has 0 N–H and O–H groups in total. The molecule has 0 aliphatic rings. The molecule has 11 aromatic rings. The second-order valence-corrected chi connectivity index (χ2v) is 15.2. The first-order valence-electron chi connectivity index (χ1n) is 18.9. The van der Waals surface area contributed by atoms with Crippen LogP contribution in [0.25, 0.3) is 109 Å². The van der Waals surface area contributed by atoms with Gasteiger partial charge in [-0.1, -0.05) is 200 Å². The molecule has 0 nitrogen and oxygen atoms in total. The zero-order valence-corrected chi connectivity index (χ0v) is 31.5. The minimum Gasteiger partial charge on any atom is -0.0622 e. The van der Waals surface area contributed by atoms with E-state index < -0.39 is 0 Å². The smallest absolute Gasteiger partial charge is 0.0332 e. The number of hydrogen-bond donors (Lipinski definition) is 0. The lowest BCUT2D eigenvalue weighted by molar-refractivity contribution is 1.65. The highest BCUT2D eigenvalue weighted by atomic mass is 79.9. The molecule has 0 radical (unpaired) electrons. The summed E-state index contributed by atoms with van der Waals surface area (Å²) in [6.45, 7) is 0. The Hall–Kier alpha value is -6.54. The van der Waals surface area contributed by atoms with E-state index in [1.54, 1.807) is 0 Å². The third kappa shape index (κ3) is 4.90. The molecule has 0 saturated carbocycles. The monoisotopic (exact) mass is 760 g/mol. The zero-order chi connectivity index (χ0) is 36.5. The first-order valence-corrected chi connectivity index (χ1v) is 19.7. The Labute approximate surface area is 328 Å². The minimum atomic E-state index is 1.14. The summed E-state index contributed by atoms with van der Waals surface area (Å²) in [4.78, 5) is 0. The van der Waals surface area contributed by atoms with Crippen LogP contribution >= 0.6 is 15.9 Å². The number of rotatable bonds is 4. The average molecular weight is 762 g/mol. The van der Waals surface area contributed by atoms with Gasteiger partial charge in [-0.2, -0.15) is 0 Å². The molecule has 0 heterocycles. The molecule has 0 atom stereocenters. The molecule has 55 heavy (non-hydrogen) atoms. The summed E-state index contributed by atoms with van der Waals surface area (Å²) in [5.74, 6) is 0. The van der Waals surface area contributed by atoms with Gasteiger partial charge in [-0.15, -0.1) is 0 Å². The molecule has 0 unspecified atom stereocenters. The quantitative estimate of drug-likeness (QED) is 0.157. The van der Waals surface area contributed by atoms with E-state index in [4.69, 9.17) is 0 Å². The van der Waals surface area contributed by atoms with Crippen molar-refractivity contribution >= 4 is 80.6 Å². The molecule has 0 saturated heterocycles. The number of benzene rings is 11. The van der Waals surface area contributed by atoms with Crippen molar-refractivity contribution < 1.29 is 0 Å². The lowest BCUT2D eigenvalue weighted by Gasteiger charge is -2.20. The van der Waals surface area contributed by atoms with Gasteiger partial charge in [0.05, 0.1) is 0 Å². The SMILES string of the molecule is Brc1c2ccccc2c(-c2ccc(-c3ccc(-c4c5ccccc5c(-c5ccccc5)c5ccccc45)c4ccccc34)c3ccccc23)c2ccccc12. The summed E-state index contributed by atoms with van der Waals surface area (Å²) in [5.41, 5.74) is 10.1. The van der Waals surface area contributed by atoms with E-state index in [-0.39, 0.29) is 0 Å². The summed E-state index contributed by atoms with van der Waals surface area (Å²) in [7, 11) is 0. The van der Waals surface area contributed by atoms with Gasteiger partial charge in [-0.25, -0.2) is 0 Å². The highest BCUT2D eigenvalue weighted by Crippen LogP contribution is 2.49. The fourth-order valence-electron chi connectivity index (χ4n) is 9.20. The highest BCUT2D eigenvalue weighted by Gasteiger charge is 2.21. The second kappa shape index (κ2) is 12.8. The van der Waals surface area contributed by atoms with E-state index in [1.807, 2.05) is 0 Å². The fraction of sp³-hybridized carbons (Fsp3) is 0. The highest BCUT2D eigenvalue weighted by molar-refractivity contribution is 9.10. The van der Waals surface area contributed by atoms with Gasteiger partial charge in [0.15, 0.2) is 0 Å². The van der Waals surface area contributed by atoms with Crippen molar-refractivity contribution in [2.75, 3.05) is 0 Å². The normalized spacial score (nSPS) is 11.7. The largest absolute Gasteiger partial charge is 0.0622 e. The maximum Gasteiger partial charge on any atom is 0.0332 e. The van der Waals surface area contributed by atoms with Crippen LogP contribution in [-0.4, -0.2) is 0 Å². The summed E-state index contributed by atoms with van der Waals surface area (Å²) in [6, 6.07) is 73.6. The Bertz CT molecular complexity index is 3210. The molecule has 1 heteroatoms. The lowest BCUT2D eigenvalue weighted by atomic mass is 9.83. The Kier molecular flexibility index (Phi) is 7.43. The standard InChI is InChI=1S/C54H33Br/c55-54-49-28-14-12-26-45(49)53(46-27-13-15-29-50(46)54)48-33-31-40(36-19-5-7-21-38(36)48)39-30-32-47(37-20-6-4-18-35(37)39)52-43-24-10-8-22-41(43)51(34-16-2-1-3-17-34)42-23-9-11-25-44(42)52/h1-33H. The van der Waals surface area contributed by atoms with Gasteiger partial charge in [-0.3, -0.25) is 0 Å². The maximum absolute atomic E-state index is 3.97. The topological polar surface area (TPSA) is 0 Å². The van der Waals surface area contributed by atoms with Gasteiger partial charge in [0.2, 0.25) is 0 Å². The summed E-state index contributed by atoms with van der Waals surface area (Å²) in [5, 5.41) is 15.0. The van der Waals surface area contributed by atoms with Crippen LogP contribution in [0.3, 0.4) is 0 Å². The van der Waals surface area contributed by atoms with Crippen LogP contribution < -0.4 is 0 Å². The maximum atomic E-state index is 3.97. The van der Waals surface area contributed by atoms with Crippen LogP contribution in [0.2, 0.25) is 0 Å². The molecule has 0 aliphatic heterocycles. The molecule has 0 aromatic heterocycles. The Balaban J connectivity index is 1.17. The Morgan fingerprint density at radius 3 is 0.836 bits per heavy atom. The van der Waals surface area contributed by atoms with Crippen molar-refractivity contribution in [3.05, 3.63) is 205 Å². The Morgan fingerprint density at radius 1 is 0.200 bits per heavy atom. The molecule has 0 fully saturated rings. The van der Waals surface area contributed by atoms with Crippen molar-refractivity contribution in [3.8, 4) is 44.5 Å². The number of halogens is 1. The molecule has 0 bridgehead atoms. The van der Waals surface area contributed by atoms with Crippen molar-refractivity contribution in [3.63, 3.8) is 0 Å². The fourth-order valence-corrected chi connectivity index (χ4v) is 9.90. The van der Waals surface area contributed by atoms with Gasteiger partial charge in [0.1, 0.15) is 0 Å². The average Bonchev–Trinajstić information content (AvgIpc) is 3.26. The third-order valence-corrected chi connectivity index (χ3v) is 12.4. The zero-order valence-electron chi connectivity index (χ0n) is 29.9. The summed E-state index contributed by atoms with van der Waals surface area (Å²) in [6.07, 6.45) is 0. The van der Waals surface area contributed by atoms with Crippen LogP contribution in [0.15, 0.2) is 205 Å². The second-order valence-electron chi connectivity index (χ2n) is 14.4. The van der Waals surface area contributed by atoms with Gasteiger partial charge in [0.25, 0.3) is 0 Å². The van der Waals surface area contributed by atoms with E-state index in [9.17, 15) is 0 Å². The summed E-state index contributed by atoms with van der Waals surface area (Å²) >= 11 is 3.97. The number of fused-ring (bicyclic) bond motifs is 6. The summed E-state index contributed by atoms with van der Waals surface area (Å²) < 4.78 is 1.14. The predicted octanol–water partition coefficient (Wildman–Crippen LogP) is 16.0. The van der Waals surface area contributed by atoms with Gasteiger partial charge < -0.3 is 0 Å². The van der Waals surface area contributed by atoms with Crippen LogP contribution in [0.5, 0.6) is 0 Å². The molecule has 0 aliphatic carbocycles. The van der Waals surface area contributed by atoms with Crippen molar-refractivity contribution in [1.82, 2.24) is 0 Å². The third-order valence-electron chi connectivity index (χ3n) is 11.5. The van der Waals surface area contributed by atoms with Crippen LogP contribution in [0.1, 0.15) is 0 Å². The molecular formula is C54H33Br. The first-order chi connectivity index (χ1) is 27.3. The van der Waals surface area contributed by atoms with E-state index in [0.717, 1.165) is 4.47 Å². The van der Waals surface area contributed by atoms with Crippen LogP contribution in [0.4, 0.5) is 0 Å². The number of hydrogen-bond acceptors (Lipinski definition) is 0. The first kappa shape index (κ1) is 31.9. The van der Waals surface area contributed by atoms with Gasteiger partial charge in [-0.05, 0) is 125 Å². The van der Waals surface area contributed by atoms with Crippen molar-refractivity contribution in [2.24, 2.45) is 0 Å². The van der Waals surface area contributed by atoms with E-state index in [2.05, 4.69) is 216 Å². The lowest BCUT2D eigenvalue weighted by Crippen LogP contribution is -1.93. The van der Waals surface area contributed by atoms with Crippen LogP contribution in [-0.2, 0) is 0 Å².